The largest absolute Gasteiger partial charge is 0.354 e. The first-order chi connectivity index (χ1) is 7.77. The van der Waals surface area contributed by atoms with Crippen molar-refractivity contribution >= 4 is 34.0 Å². The molecule has 1 aromatic heterocycles. The molecule has 0 saturated carbocycles. The van der Waals surface area contributed by atoms with Crippen LogP contribution in [-0.2, 0) is 0 Å². The van der Waals surface area contributed by atoms with Gasteiger partial charge in [0.15, 0.2) is 0 Å². The van der Waals surface area contributed by atoms with Gasteiger partial charge in [0, 0.05) is 16.3 Å². The van der Waals surface area contributed by atoms with Crippen LogP contribution in [0.4, 0.5) is 0 Å². The van der Waals surface area contributed by atoms with Gasteiger partial charge in [0.2, 0.25) is 0 Å². The van der Waals surface area contributed by atoms with Gasteiger partial charge in [-0.25, -0.2) is 0 Å². The first-order valence-electron chi connectivity index (χ1n) is 5.28. The predicted molar refractivity (Wildman–Crippen MR) is 71.4 cm³/mol. The quantitative estimate of drug-likeness (QED) is 0.444. The molecule has 0 atom stereocenters. The first kappa shape index (κ1) is 9.55. The van der Waals surface area contributed by atoms with E-state index in [1.165, 1.54) is 5.56 Å². The van der Waals surface area contributed by atoms with Gasteiger partial charge < -0.3 is 4.98 Å². The molecular formula is C14H11NS. The first-order valence-corrected chi connectivity index (χ1v) is 5.68. The third kappa shape index (κ3) is 1.27. The van der Waals surface area contributed by atoms with E-state index in [0.717, 1.165) is 26.3 Å². The summed E-state index contributed by atoms with van der Waals surface area (Å²) in [5, 5.41) is 2.25. The molecule has 2 heteroatoms. The van der Waals surface area contributed by atoms with E-state index in [-0.39, 0.29) is 0 Å². The molecular weight excluding hydrogens is 214 g/mol. The Morgan fingerprint density at radius 3 is 2.56 bits per heavy atom. The molecule has 0 aliphatic carbocycles. The van der Waals surface area contributed by atoms with Crippen LogP contribution in [0.3, 0.4) is 0 Å². The summed E-state index contributed by atoms with van der Waals surface area (Å²) in [6, 6.07) is 14.4. The van der Waals surface area contributed by atoms with Gasteiger partial charge in [0.05, 0.1) is 10.0 Å². The fourth-order valence-electron chi connectivity index (χ4n) is 2.09. The molecule has 0 bridgehead atoms. The summed E-state index contributed by atoms with van der Waals surface area (Å²) in [6.45, 7) is 2.10. The summed E-state index contributed by atoms with van der Waals surface area (Å²) in [4.78, 5) is 3.45. The molecule has 16 heavy (non-hydrogen) atoms. The van der Waals surface area contributed by atoms with Gasteiger partial charge in [0.25, 0.3) is 0 Å². The highest BCUT2D eigenvalue weighted by atomic mass is 32.1. The molecule has 1 nitrogen and oxygen atoms in total. The zero-order valence-corrected chi connectivity index (χ0v) is 9.77. The fraction of sp³-hybridized carbons (Fsp3) is 0.0714. The van der Waals surface area contributed by atoms with E-state index in [9.17, 15) is 0 Å². The normalized spacial score (nSPS) is 11.1. The molecule has 3 aromatic rings. The van der Waals surface area contributed by atoms with Crippen LogP contribution in [0.15, 0.2) is 42.5 Å². The molecule has 78 valence electrons. The zero-order chi connectivity index (χ0) is 11.1. The van der Waals surface area contributed by atoms with Gasteiger partial charge in [0.1, 0.15) is 0 Å². The zero-order valence-electron chi connectivity index (χ0n) is 8.95. The number of nitrogens with one attached hydrogen (secondary N) is 1. The molecule has 1 heterocycles. The SMILES string of the molecule is Cc1cccc2c(=S)c3ccccc3[nH]c12. The van der Waals surface area contributed by atoms with Gasteiger partial charge >= 0.3 is 0 Å². The van der Waals surface area contributed by atoms with Crippen LogP contribution in [0.1, 0.15) is 5.56 Å². The van der Waals surface area contributed by atoms with Crippen LogP contribution < -0.4 is 0 Å². The number of hydrogen-bond donors (Lipinski definition) is 1. The van der Waals surface area contributed by atoms with Crippen LogP contribution in [0.2, 0.25) is 0 Å². The van der Waals surface area contributed by atoms with Gasteiger partial charge in [-0.15, -0.1) is 0 Å². The standard InChI is InChI=1S/C14H11NS/c1-9-5-4-7-11-13(9)15-12-8-3-2-6-10(12)14(11)16/h2-8H,1H3,(H,15,16). The number of para-hydroxylation sites is 2. The fourth-order valence-corrected chi connectivity index (χ4v) is 2.44. The maximum Gasteiger partial charge on any atom is 0.0563 e. The number of benzene rings is 2. The lowest BCUT2D eigenvalue weighted by Crippen LogP contribution is -1.86. The van der Waals surface area contributed by atoms with Gasteiger partial charge in [-0.3, -0.25) is 0 Å². The number of rotatable bonds is 0. The molecule has 0 amide bonds. The third-order valence-electron chi connectivity index (χ3n) is 2.95. The lowest BCUT2D eigenvalue weighted by molar-refractivity contribution is 1.42. The summed E-state index contributed by atoms with van der Waals surface area (Å²) in [5.41, 5.74) is 3.48. The average molecular weight is 225 g/mol. The minimum absolute atomic E-state index is 0.938. The summed E-state index contributed by atoms with van der Waals surface area (Å²) in [5.74, 6) is 0. The minimum Gasteiger partial charge on any atom is -0.354 e. The van der Waals surface area contributed by atoms with Crippen LogP contribution >= 0.6 is 12.2 Å². The van der Waals surface area contributed by atoms with E-state index in [0.29, 0.717) is 0 Å². The van der Waals surface area contributed by atoms with Crippen molar-refractivity contribution in [2.75, 3.05) is 0 Å². The van der Waals surface area contributed by atoms with E-state index >= 15 is 0 Å². The van der Waals surface area contributed by atoms with Crippen LogP contribution in [-0.4, -0.2) is 4.98 Å². The average Bonchev–Trinajstić information content (AvgIpc) is 2.31. The van der Waals surface area contributed by atoms with Crippen molar-refractivity contribution in [3.63, 3.8) is 0 Å². The van der Waals surface area contributed by atoms with E-state index in [1.807, 2.05) is 12.1 Å². The van der Waals surface area contributed by atoms with Crippen molar-refractivity contribution in [2.24, 2.45) is 0 Å². The molecule has 2 aromatic carbocycles. The van der Waals surface area contributed by atoms with Gasteiger partial charge in [-0.05, 0) is 18.6 Å². The van der Waals surface area contributed by atoms with Gasteiger partial charge in [-0.1, -0.05) is 48.6 Å². The van der Waals surface area contributed by atoms with E-state index in [4.69, 9.17) is 12.2 Å². The van der Waals surface area contributed by atoms with Gasteiger partial charge in [-0.2, -0.15) is 0 Å². The molecule has 0 radical (unpaired) electrons. The number of aromatic amines is 1. The lowest BCUT2D eigenvalue weighted by atomic mass is 10.1. The molecule has 0 aliphatic heterocycles. The van der Waals surface area contributed by atoms with E-state index < -0.39 is 0 Å². The molecule has 0 fully saturated rings. The molecule has 0 saturated heterocycles. The number of aryl methyl sites for hydroxylation is 1. The topological polar surface area (TPSA) is 15.8 Å². The van der Waals surface area contributed by atoms with E-state index in [2.05, 4.69) is 42.2 Å². The summed E-state index contributed by atoms with van der Waals surface area (Å²) in [6.07, 6.45) is 0. The summed E-state index contributed by atoms with van der Waals surface area (Å²) < 4.78 is 0.938. The monoisotopic (exact) mass is 225 g/mol. The minimum atomic E-state index is 0.938. The Balaban J connectivity index is 2.67. The smallest absolute Gasteiger partial charge is 0.0563 e. The summed E-state index contributed by atoms with van der Waals surface area (Å²) in [7, 11) is 0. The molecule has 0 spiro atoms. The second-order valence-electron chi connectivity index (χ2n) is 4.00. The van der Waals surface area contributed by atoms with Crippen molar-refractivity contribution < 1.29 is 0 Å². The highest BCUT2D eigenvalue weighted by molar-refractivity contribution is 7.72. The van der Waals surface area contributed by atoms with Crippen molar-refractivity contribution in [1.29, 1.82) is 0 Å². The Kier molecular flexibility index (Phi) is 2.04. The number of pyridine rings is 1. The predicted octanol–water partition coefficient (Wildman–Crippen LogP) is 4.36. The number of fused-ring (bicyclic) bond motifs is 2. The third-order valence-corrected chi connectivity index (χ3v) is 3.39. The second kappa shape index (κ2) is 3.42. The van der Waals surface area contributed by atoms with Crippen molar-refractivity contribution in [2.45, 2.75) is 6.92 Å². The number of aromatic nitrogens is 1. The molecule has 1 N–H and O–H groups in total. The van der Waals surface area contributed by atoms with Crippen molar-refractivity contribution in [3.05, 3.63) is 52.5 Å². The maximum absolute atomic E-state index is 5.54. The molecule has 3 rings (SSSR count). The molecule has 0 unspecified atom stereocenters. The second-order valence-corrected chi connectivity index (χ2v) is 4.41. The van der Waals surface area contributed by atoms with Crippen LogP contribution in [0, 0.1) is 11.4 Å². The molecule has 0 aliphatic rings. The Morgan fingerprint density at radius 2 is 1.69 bits per heavy atom. The van der Waals surface area contributed by atoms with Crippen LogP contribution in [0.5, 0.6) is 0 Å². The number of H-pyrrole nitrogens is 1. The Hall–Kier alpha value is -1.67. The highest BCUT2D eigenvalue weighted by Crippen LogP contribution is 2.23. The maximum atomic E-state index is 5.54. The Labute approximate surface area is 98.7 Å². The Bertz CT molecular complexity index is 740. The van der Waals surface area contributed by atoms with E-state index in [1.54, 1.807) is 0 Å². The Morgan fingerprint density at radius 1 is 0.938 bits per heavy atom. The lowest BCUT2D eigenvalue weighted by Gasteiger charge is -2.05. The highest BCUT2D eigenvalue weighted by Gasteiger charge is 2.02. The van der Waals surface area contributed by atoms with Crippen molar-refractivity contribution in [1.82, 2.24) is 4.98 Å². The van der Waals surface area contributed by atoms with Crippen LogP contribution in [0.25, 0.3) is 21.8 Å². The van der Waals surface area contributed by atoms with Crippen molar-refractivity contribution in [3.8, 4) is 0 Å². The summed E-state index contributed by atoms with van der Waals surface area (Å²) >= 11 is 5.54. The number of hydrogen-bond acceptors (Lipinski definition) is 1.